The van der Waals surface area contributed by atoms with Gasteiger partial charge in [0.25, 0.3) is 0 Å². The minimum atomic E-state index is 0.507. The van der Waals surface area contributed by atoms with Crippen LogP contribution < -0.4 is 5.73 Å². The zero-order chi connectivity index (χ0) is 14.4. The number of hydrogen-bond acceptors (Lipinski definition) is 1. The first kappa shape index (κ1) is 16.3. The highest BCUT2D eigenvalue weighted by Gasteiger charge is 2.34. The van der Waals surface area contributed by atoms with Crippen molar-refractivity contribution in [3.8, 4) is 0 Å². The van der Waals surface area contributed by atoms with Crippen molar-refractivity contribution < 1.29 is 0 Å². The number of nitrogens with two attached hydrogens (primary N) is 1. The summed E-state index contributed by atoms with van der Waals surface area (Å²) in [5.74, 6) is 3.62. The van der Waals surface area contributed by atoms with Crippen LogP contribution in [0.25, 0.3) is 0 Å². The molecule has 2 saturated carbocycles. The monoisotopic (exact) mass is 279 g/mol. The molecule has 0 aliphatic heterocycles. The molecule has 0 saturated heterocycles. The molecule has 3 unspecified atom stereocenters. The van der Waals surface area contributed by atoms with Gasteiger partial charge in [-0.2, -0.15) is 0 Å². The molecule has 0 aromatic heterocycles. The van der Waals surface area contributed by atoms with Gasteiger partial charge < -0.3 is 5.73 Å². The van der Waals surface area contributed by atoms with Crippen LogP contribution in [0.2, 0.25) is 0 Å². The quantitative estimate of drug-likeness (QED) is 0.680. The second-order valence-electron chi connectivity index (χ2n) is 7.62. The van der Waals surface area contributed by atoms with E-state index in [0.29, 0.717) is 6.04 Å². The Bertz CT molecular complexity index is 254. The van der Waals surface area contributed by atoms with E-state index >= 15 is 0 Å². The number of rotatable bonds is 6. The predicted octanol–water partition coefficient (Wildman–Crippen LogP) is 5.53. The summed E-state index contributed by atoms with van der Waals surface area (Å²) in [6, 6.07) is 0.507. The highest BCUT2D eigenvalue weighted by atomic mass is 14.7. The summed E-state index contributed by atoms with van der Waals surface area (Å²) in [5, 5.41) is 0. The largest absolute Gasteiger partial charge is 0.327 e. The maximum absolute atomic E-state index is 6.73. The summed E-state index contributed by atoms with van der Waals surface area (Å²) in [7, 11) is 0. The lowest BCUT2D eigenvalue weighted by molar-refractivity contribution is 0.129. The van der Waals surface area contributed by atoms with Crippen molar-refractivity contribution in [1.29, 1.82) is 0 Å². The Morgan fingerprint density at radius 3 is 2.30 bits per heavy atom. The SMILES string of the molecule is CCCCC1CCC(C(N)C2CCCCC2CC)CC1. The molecule has 20 heavy (non-hydrogen) atoms. The lowest BCUT2D eigenvalue weighted by atomic mass is 9.67. The first-order chi connectivity index (χ1) is 9.76. The molecule has 0 aromatic rings. The van der Waals surface area contributed by atoms with E-state index in [1.54, 1.807) is 0 Å². The molecule has 3 atom stereocenters. The van der Waals surface area contributed by atoms with Gasteiger partial charge in [0, 0.05) is 6.04 Å². The van der Waals surface area contributed by atoms with Crippen LogP contribution in [0.15, 0.2) is 0 Å². The van der Waals surface area contributed by atoms with Gasteiger partial charge in [0.2, 0.25) is 0 Å². The van der Waals surface area contributed by atoms with Crippen LogP contribution in [0.3, 0.4) is 0 Å². The van der Waals surface area contributed by atoms with Gasteiger partial charge in [0.05, 0.1) is 0 Å². The zero-order valence-electron chi connectivity index (χ0n) is 13.9. The average Bonchev–Trinajstić information content (AvgIpc) is 2.52. The van der Waals surface area contributed by atoms with Gasteiger partial charge in [-0.25, -0.2) is 0 Å². The summed E-state index contributed by atoms with van der Waals surface area (Å²) < 4.78 is 0. The smallest absolute Gasteiger partial charge is 0.00982 e. The highest BCUT2D eigenvalue weighted by molar-refractivity contribution is 4.89. The number of unbranched alkanes of at least 4 members (excludes halogenated alkanes) is 1. The van der Waals surface area contributed by atoms with Crippen molar-refractivity contribution in [1.82, 2.24) is 0 Å². The van der Waals surface area contributed by atoms with Crippen LogP contribution in [0.5, 0.6) is 0 Å². The third-order valence-corrected chi connectivity index (χ3v) is 6.39. The fraction of sp³-hybridized carbons (Fsp3) is 1.00. The minimum absolute atomic E-state index is 0.507. The Morgan fingerprint density at radius 1 is 0.950 bits per heavy atom. The van der Waals surface area contributed by atoms with E-state index in [1.807, 2.05) is 0 Å². The van der Waals surface area contributed by atoms with Gasteiger partial charge >= 0.3 is 0 Å². The topological polar surface area (TPSA) is 26.0 Å². The third kappa shape index (κ3) is 4.23. The van der Waals surface area contributed by atoms with Crippen LogP contribution in [0.1, 0.15) is 90.9 Å². The molecule has 0 aromatic carbocycles. The second kappa shape index (κ2) is 8.41. The van der Waals surface area contributed by atoms with E-state index in [1.165, 1.54) is 77.0 Å². The lowest BCUT2D eigenvalue weighted by Gasteiger charge is -2.41. The number of hydrogen-bond donors (Lipinski definition) is 1. The Balaban J connectivity index is 1.79. The summed E-state index contributed by atoms with van der Waals surface area (Å²) in [5.41, 5.74) is 6.73. The second-order valence-corrected chi connectivity index (χ2v) is 7.62. The Hall–Kier alpha value is -0.0400. The Morgan fingerprint density at radius 2 is 1.65 bits per heavy atom. The molecule has 1 nitrogen and oxygen atoms in total. The van der Waals surface area contributed by atoms with Gasteiger partial charge in [0.1, 0.15) is 0 Å². The van der Waals surface area contributed by atoms with E-state index in [-0.39, 0.29) is 0 Å². The van der Waals surface area contributed by atoms with Gasteiger partial charge in [0.15, 0.2) is 0 Å². The molecule has 2 fully saturated rings. The highest BCUT2D eigenvalue weighted by Crippen LogP contribution is 2.40. The van der Waals surface area contributed by atoms with Crippen molar-refractivity contribution in [2.75, 3.05) is 0 Å². The van der Waals surface area contributed by atoms with Crippen molar-refractivity contribution in [3.63, 3.8) is 0 Å². The molecule has 2 N–H and O–H groups in total. The summed E-state index contributed by atoms with van der Waals surface area (Å²) in [4.78, 5) is 0. The maximum atomic E-state index is 6.73. The summed E-state index contributed by atoms with van der Waals surface area (Å²) in [6.07, 6.45) is 17.1. The van der Waals surface area contributed by atoms with Crippen molar-refractivity contribution in [2.45, 2.75) is 96.9 Å². The fourth-order valence-corrected chi connectivity index (χ4v) is 4.95. The van der Waals surface area contributed by atoms with Crippen LogP contribution >= 0.6 is 0 Å². The molecule has 0 bridgehead atoms. The normalized spacial score (nSPS) is 36.8. The summed E-state index contributed by atoms with van der Waals surface area (Å²) >= 11 is 0. The first-order valence-electron chi connectivity index (χ1n) is 9.51. The molecular formula is C19H37N. The van der Waals surface area contributed by atoms with Crippen LogP contribution in [-0.2, 0) is 0 Å². The summed E-state index contributed by atoms with van der Waals surface area (Å²) in [6.45, 7) is 4.69. The Labute approximate surface area is 127 Å². The molecule has 2 rings (SSSR count). The standard InChI is InChI=1S/C19H37N/c1-3-5-8-15-11-13-17(14-12-15)19(20)18-10-7-6-9-16(18)4-2/h15-19H,3-14,20H2,1-2H3. The molecule has 118 valence electrons. The predicted molar refractivity (Wildman–Crippen MR) is 88.7 cm³/mol. The zero-order valence-corrected chi connectivity index (χ0v) is 13.9. The van der Waals surface area contributed by atoms with Gasteiger partial charge in [-0.15, -0.1) is 0 Å². The molecule has 0 radical (unpaired) electrons. The molecular weight excluding hydrogens is 242 g/mol. The van der Waals surface area contributed by atoms with E-state index in [2.05, 4.69) is 13.8 Å². The molecule has 0 heterocycles. The van der Waals surface area contributed by atoms with Gasteiger partial charge in [-0.3, -0.25) is 0 Å². The minimum Gasteiger partial charge on any atom is -0.327 e. The van der Waals surface area contributed by atoms with Gasteiger partial charge in [-0.1, -0.05) is 71.6 Å². The molecule has 1 heteroatoms. The van der Waals surface area contributed by atoms with E-state index < -0.39 is 0 Å². The van der Waals surface area contributed by atoms with E-state index in [9.17, 15) is 0 Å². The van der Waals surface area contributed by atoms with Crippen molar-refractivity contribution in [3.05, 3.63) is 0 Å². The van der Waals surface area contributed by atoms with Crippen LogP contribution in [0.4, 0.5) is 0 Å². The molecule has 2 aliphatic carbocycles. The molecule has 2 aliphatic rings. The Kier molecular flexibility index (Phi) is 6.87. The van der Waals surface area contributed by atoms with Crippen LogP contribution in [0, 0.1) is 23.7 Å². The van der Waals surface area contributed by atoms with Gasteiger partial charge in [-0.05, 0) is 42.9 Å². The van der Waals surface area contributed by atoms with Crippen molar-refractivity contribution in [2.24, 2.45) is 29.4 Å². The van der Waals surface area contributed by atoms with Crippen molar-refractivity contribution >= 4 is 0 Å². The first-order valence-corrected chi connectivity index (χ1v) is 9.51. The van der Waals surface area contributed by atoms with E-state index in [0.717, 1.165) is 23.7 Å². The van der Waals surface area contributed by atoms with Crippen LogP contribution in [-0.4, -0.2) is 6.04 Å². The fourth-order valence-electron chi connectivity index (χ4n) is 4.95. The lowest BCUT2D eigenvalue weighted by Crippen LogP contribution is -2.43. The third-order valence-electron chi connectivity index (χ3n) is 6.39. The van der Waals surface area contributed by atoms with E-state index in [4.69, 9.17) is 5.73 Å². The molecule has 0 amide bonds. The molecule has 0 spiro atoms. The average molecular weight is 280 g/mol. The maximum Gasteiger partial charge on any atom is 0.00982 e.